The molecule has 1 fully saturated rings. The first-order valence-electron chi connectivity index (χ1n) is 16.4. The van der Waals surface area contributed by atoms with Crippen LogP contribution < -0.4 is 0 Å². The molecule has 0 heterocycles. The maximum absolute atomic E-state index is 11.8. The predicted molar refractivity (Wildman–Crippen MR) is 177 cm³/mol. The van der Waals surface area contributed by atoms with E-state index in [-0.39, 0.29) is 17.3 Å². The molecule has 0 bridgehead atoms. The summed E-state index contributed by atoms with van der Waals surface area (Å²) < 4.78 is 0. The van der Waals surface area contributed by atoms with Crippen molar-refractivity contribution in [3.05, 3.63) is 86.5 Å². The zero-order valence-electron chi connectivity index (χ0n) is 27.4. The van der Waals surface area contributed by atoms with Gasteiger partial charge >= 0.3 is 0 Å². The van der Waals surface area contributed by atoms with E-state index in [0.29, 0.717) is 23.2 Å². The number of phenols is 3. The van der Waals surface area contributed by atoms with Gasteiger partial charge in [-0.05, 0) is 127 Å². The molecule has 0 amide bonds. The third-order valence-electron chi connectivity index (χ3n) is 10.4. The van der Waals surface area contributed by atoms with Crippen LogP contribution >= 0.6 is 0 Å². The summed E-state index contributed by atoms with van der Waals surface area (Å²) in [6.07, 6.45) is 9.88. The summed E-state index contributed by atoms with van der Waals surface area (Å²) in [6.45, 7) is 17.3. The molecule has 3 N–H and O–H groups in total. The van der Waals surface area contributed by atoms with Crippen LogP contribution in [0.2, 0.25) is 0 Å². The molecular weight excluding hydrogens is 516 g/mol. The van der Waals surface area contributed by atoms with Crippen LogP contribution in [0.1, 0.15) is 160 Å². The summed E-state index contributed by atoms with van der Waals surface area (Å²) in [5.41, 5.74) is 9.26. The fourth-order valence-corrected chi connectivity index (χ4v) is 7.20. The minimum atomic E-state index is -0.238. The van der Waals surface area contributed by atoms with Crippen molar-refractivity contribution in [1.82, 2.24) is 0 Å². The highest BCUT2D eigenvalue weighted by atomic mass is 16.3. The molecule has 228 valence electrons. The number of hydrogen-bond acceptors (Lipinski definition) is 3. The second kappa shape index (κ2) is 13.1. The van der Waals surface area contributed by atoms with Gasteiger partial charge in [-0.1, -0.05) is 84.6 Å². The topological polar surface area (TPSA) is 60.7 Å². The Morgan fingerprint density at radius 1 is 0.714 bits per heavy atom. The number of benzene rings is 3. The Morgan fingerprint density at radius 2 is 1.33 bits per heavy atom. The summed E-state index contributed by atoms with van der Waals surface area (Å²) in [4.78, 5) is 0. The fraction of sp³-hybridized carbons (Fsp3) is 0.538. The maximum atomic E-state index is 11.8. The van der Waals surface area contributed by atoms with Gasteiger partial charge in [0.05, 0.1) is 0 Å². The van der Waals surface area contributed by atoms with Gasteiger partial charge in [-0.2, -0.15) is 0 Å². The van der Waals surface area contributed by atoms with Gasteiger partial charge in [0, 0.05) is 11.5 Å². The summed E-state index contributed by atoms with van der Waals surface area (Å²) in [5.74, 6) is 1.47. The minimum Gasteiger partial charge on any atom is -0.508 e. The highest BCUT2D eigenvalue weighted by Crippen LogP contribution is 2.48. The Morgan fingerprint density at radius 3 is 1.93 bits per heavy atom. The van der Waals surface area contributed by atoms with Gasteiger partial charge in [-0.3, -0.25) is 0 Å². The molecule has 1 aliphatic rings. The quantitative estimate of drug-likeness (QED) is 0.212. The molecule has 0 aromatic heterocycles. The van der Waals surface area contributed by atoms with E-state index in [1.54, 1.807) is 0 Å². The SMILES string of the molecule is CCCC(CC)c1cc(C(c2cc(C3CCCCC3)c(O)cc2C)c2cc(C(C)(C)CC)cc(C)c2O)c(C)cc1O. The highest BCUT2D eigenvalue weighted by Gasteiger charge is 2.31. The van der Waals surface area contributed by atoms with Crippen LogP contribution in [0.5, 0.6) is 17.2 Å². The largest absolute Gasteiger partial charge is 0.508 e. The normalized spacial score (nSPS) is 16.0. The molecule has 3 nitrogen and oxygen atoms in total. The number of phenolic OH excluding ortho intramolecular Hbond substituents is 3. The van der Waals surface area contributed by atoms with Crippen molar-refractivity contribution in [1.29, 1.82) is 0 Å². The maximum Gasteiger partial charge on any atom is 0.122 e. The molecule has 4 rings (SSSR count). The van der Waals surface area contributed by atoms with Crippen molar-refractivity contribution >= 4 is 0 Å². The summed E-state index contributed by atoms with van der Waals surface area (Å²) in [6, 6.07) is 12.7. The molecule has 42 heavy (non-hydrogen) atoms. The molecule has 2 unspecified atom stereocenters. The van der Waals surface area contributed by atoms with Crippen molar-refractivity contribution in [2.75, 3.05) is 0 Å². The third-order valence-corrected chi connectivity index (χ3v) is 10.4. The van der Waals surface area contributed by atoms with Gasteiger partial charge in [-0.15, -0.1) is 0 Å². The van der Waals surface area contributed by atoms with Crippen LogP contribution in [0, 0.1) is 20.8 Å². The molecule has 2 atom stereocenters. The van der Waals surface area contributed by atoms with Crippen molar-refractivity contribution < 1.29 is 15.3 Å². The van der Waals surface area contributed by atoms with Crippen LogP contribution in [0.15, 0.2) is 36.4 Å². The van der Waals surface area contributed by atoms with Crippen molar-refractivity contribution in [3.63, 3.8) is 0 Å². The monoisotopic (exact) mass is 570 g/mol. The van der Waals surface area contributed by atoms with E-state index in [2.05, 4.69) is 72.7 Å². The Labute approximate surface area is 255 Å². The number of rotatable bonds is 10. The zero-order chi connectivity index (χ0) is 30.8. The minimum absolute atomic E-state index is 0.0430. The molecule has 1 aliphatic carbocycles. The van der Waals surface area contributed by atoms with E-state index in [4.69, 9.17) is 0 Å². The van der Waals surface area contributed by atoms with Crippen LogP contribution in [0.4, 0.5) is 0 Å². The average molecular weight is 571 g/mol. The summed E-state index contributed by atoms with van der Waals surface area (Å²) in [7, 11) is 0. The lowest BCUT2D eigenvalue weighted by Crippen LogP contribution is -2.18. The van der Waals surface area contributed by atoms with E-state index in [0.717, 1.165) is 83.0 Å². The van der Waals surface area contributed by atoms with E-state index < -0.39 is 0 Å². The van der Waals surface area contributed by atoms with Crippen molar-refractivity contribution in [3.8, 4) is 17.2 Å². The molecule has 0 aliphatic heterocycles. The summed E-state index contributed by atoms with van der Waals surface area (Å²) in [5, 5.41) is 34.1. The van der Waals surface area contributed by atoms with Gasteiger partial charge < -0.3 is 15.3 Å². The zero-order valence-corrected chi connectivity index (χ0v) is 27.4. The fourth-order valence-electron chi connectivity index (χ4n) is 7.20. The smallest absolute Gasteiger partial charge is 0.122 e. The van der Waals surface area contributed by atoms with E-state index in [1.807, 2.05) is 19.1 Å². The molecule has 3 heteroatoms. The van der Waals surface area contributed by atoms with Gasteiger partial charge in [-0.25, -0.2) is 0 Å². The average Bonchev–Trinajstić information content (AvgIpc) is 2.96. The third kappa shape index (κ3) is 6.36. The Bertz CT molecular complexity index is 1330. The van der Waals surface area contributed by atoms with E-state index in [9.17, 15) is 15.3 Å². The first-order valence-corrected chi connectivity index (χ1v) is 16.4. The van der Waals surface area contributed by atoms with Crippen molar-refractivity contribution in [2.45, 2.75) is 136 Å². The lowest BCUT2D eigenvalue weighted by Gasteiger charge is -2.31. The molecule has 3 aromatic rings. The molecule has 1 saturated carbocycles. The van der Waals surface area contributed by atoms with Crippen LogP contribution in [0.3, 0.4) is 0 Å². The second-order valence-corrected chi connectivity index (χ2v) is 13.7. The second-order valence-electron chi connectivity index (χ2n) is 13.7. The molecule has 0 saturated heterocycles. The number of aryl methyl sites for hydroxylation is 3. The van der Waals surface area contributed by atoms with Crippen LogP contribution in [-0.2, 0) is 5.41 Å². The molecule has 0 radical (unpaired) electrons. The standard InChI is InChI=1S/C39H54O3/c1-9-15-27(10-2)32-22-30(24(4)19-35(32)40)37(34-21-29(39(7,8)11-3)18-26(6)38(34)42)31-23-33(36(41)20-25(31)5)28-16-13-12-14-17-28/h18-23,27-28,37,40-42H,9-17H2,1-8H3. The predicted octanol–water partition coefficient (Wildman–Crippen LogP) is 10.9. The molecule has 0 spiro atoms. The first-order chi connectivity index (χ1) is 19.9. The molecular formula is C39H54O3. The highest BCUT2D eigenvalue weighted by molar-refractivity contribution is 5.60. The summed E-state index contributed by atoms with van der Waals surface area (Å²) >= 11 is 0. The lowest BCUT2D eigenvalue weighted by molar-refractivity contribution is 0.413. The number of hydrogen-bond donors (Lipinski definition) is 3. The Kier molecular flexibility index (Phi) is 10.0. The van der Waals surface area contributed by atoms with E-state index in [1.165, 1.54) is 24.8 Å². The molecule has 3 aromatic carbocycles. The van der Waals surface area contributed by atoms with E-state index >= 15 is 0 Å². The van der Waals surface area contributed by atoms with Crippen LogP contribution in [-0.4, -0.2) is 15.3 Å². The van der Waals surface area contributed by atoms with Gasteiger partial charge in [0.2, 0.25) is 0 Å². The van der Waals surface area contributed by atoms with Gasteiger partial charge in [0.15, 0.2) is 0 Å². The Hall–Kier alpha value is -2.94. The van der Waals surface area contributed by atoms with Gasteiger partial charge in [0.1, 0.15) is 17.2 Å². The lowest BCUT2D eigenvalue weighted by atomic mass is 9.74. The van der Waals surface area contributed by atoms with Crippen LogP contribution in [0.25, 0.3) is 0 Å². The number of aromatic hydroxyl groups is 3. The van der Waals surface area contributed by atoms with Crippen molar-refractivity contribution in [2.24, 2.45) is 0 Å². The van der Waals surface area contributed by atoms with Gasteiger partial charge in [0.25, 0.3) is 0 Å². The Balaban J connectivity index is 2.06. The first kappa shape index (κ1) is 32.0.